The molecule has 200 valence electrons. The molecule has 38 heavy (non-hydrogen) atoms. The summed E-state index contributed by atoms with van der Waals surface area (Å²) in [6.45, 7) is -0.320. The van der Waals surface area contributed by atoms with E-state index in [9.17, 15) is 31.9 Å². The number of fused-ring (bicyclic) bond motifs is 1. The van der Waals surface area contributed by atoms with Crippen LogP contribution in [0, 0.1) is 11.6 Å². The van der Waals surface area contributed by atoms with E-state index in [0.29, 0.717) is 5.65 Å². The molecule has 0 bridgehead atoms. The number of aromatic nitrogens is 3. The standard InChI is InChI=1S/C23H21F4N7O4/c24-14-7-13(34-12-17(21(26)27)38-23(34)37)8-15(25)20(14)32-5-3-31(4-6-32)19(35)10-29-22(36)16-11-33-2-1-28-9-18(33)30-16/h1-2,7-9,11,17,21H,3-6,10,12H2,(H,29,36)/t17-/m1/s1. The first-order valence-corrected chi connectivity index (χ1v) is 11.6. The van der Waals surface area contributed by atoms with E-state index in [1.807, 2.05) is 0 Å². The van der Waals surface area contributed by atoms with E-state index in [1.54, 1.807) is 16.8 Å². The van der Waals surface area contributed by atoms with Crippen molar-refractivity contribution in [1.29, 1.82) is 0 Å². The Hall–Kier alpha value is -4.43. The van der Waals surface area contributed by atoms with Crippen molar-refractivity contribution in [3.05, 3.63) is 54.2 Å². The molecule has 2 fully saturated rings. The smallest absolute Gasteiger partial charge is 0.414 e. The molecule has 11 nitrogen and oxygen atoms in total. The number of carbonyl (C=O) groups excluding carboxylic acids is 3. The number of cyclic esters (lactones) is 1. The van der Waals surface area contributed by atoms with E-state index < -0.39 is 42.7 Å². The summed E-state index contributed by atoms with van der Waals surface area (Å²) in [5.41, 5.74) is 0.0130. The highest BCUT2D eigenvalue weighted by Crippen LogP contribution is 2.32. The van der Waals surface area contributed by atoms with Crippen LogP contribution in [0.5, 0.6) is 0 Å². The second-order valence-corrected chi connectivity index (χ2v) is 8.64. The number of imidazole rings is 1. The molecule has 2 aliphatic rings. The SMILES string of the molecule is O=C(NCC(=O)N1CCN(c2c(F)cc(N3C[C@H](C(F)F)OC3=O)cc2F)CC1)c1cn2ccncc2n1. The predicted molar refractivity (Wildman–Crippen MR) is 124 cm³/mol. The summed E-state index contributed by atoms with van der Waals surface area (Å²) in [7, 11) is 0. The summed E-state index contributed by atoms with van der Waals surface area (Å²) in [6, 6.07) is 1.77. The van der Waals surface area contributed by atoms with Gasteiger partial charge in [-0.25, -0.2) is 27.3 Å². The quantitative estimate of drug-likeness (QED) is 0.478. The van der Waals surface area contributed by atoms with Crippen molar-refractivity contribution in [2.24, 2.45) is 0 Å². The lowest BCUT2D eigenvalue weighted by Gasteiger charge is -2.36. The highest BCUT2D eigenvalue weighted by Gasteiger charge is 2.39. The van der Waals surface area contributed by atoms with E-state index >= 15 is 0 Å². The maximum atomic E-state index is 14.9. The largest absolute Gasteiger partial charge is 0.438 e. The highest BCUT2D eigenvalue weighted by molar-refractivity contribution is 5.95. The molecule has 0 unspecified atom stereocenters. The lowest BCUT2D eigenvalue weighted by molar-refractivity contribution is -0.130. The van der Waals surface area contributed by atoms with Gasteiger partial charge in [-0.15, -0.1) is 0 Å². The second-order valence-electron chi connectivity index (χ2n) is 8.64. The number of anilines is 2. The average molecular weight is 535 g/mol. The van der Waals surface area contributed by atoms with Crippen LogP contribution in [-0.2, 0) is 9.53 Å². The zero-order chi connectivity index (χ0) is 27.0. The topological polar surface area (TPSA) is 112 Å². The molecule has 15 heteroatoms. The summed E-state index contributed by atoms with van der Waals surface area (Å²) >= 11 is 0. The monoisotopic (exact) mass is 535 g/mol. The third-order valence-electron chi connectivity index (χ3n) is 6.28. The minimum absolute atomic E-state index is 0.103. The Labute approximate surface area is 212 Å². The Kier molecular flexibility index (Phi) is 6.73. The highest BCUT2D eigenvalue weighted by atomic mass is 19.3. The van der Waals surface area contributed by atoms with Crippen molar-refractivity contribution >= 4 is 34.9 Å². The Morgan fingerprint density at radius 2 is 1.84 bits per heavy atom. The van der Waals surface area contributed by atoms with Crippen LogP contribution in [0.4, 0.5) is 33.7 Å². The van der Waals surface area contributed by atoms with Crippen LogP contribution in [0.1, 0.15) is 10.5 Å². The lowest BCUT2D eigenvalue weighted by Crippen LogP contribution is -2.51. The second kappa shape index (κ2) is 10.1. The van der Waals surface area contributed by atoms with Gasteiger partial charge in [-0.05, 0) is 0 Å². The Balaban J connectivity index is 1.17. The number of carbonyl (C=O) groups is 3. The van der Waals surface area contributed by atoms with Crippen molar-refractivity contribution in [1.82, 2.24) is 24.6 Å². The molecule has 1 aromatic carbocycles. The summed E-state index contributed by atoms with van der Waals surface area (Å²) in [5, 5.41) is 2.52. The van der Waals surface area contributed by atoms with Gasteiger partial charge in [0.05, 0.1) is 25.0 Å². The summed E-state index contributed by atoms with van der Waals surface area (Å²) in [5.74, 6) is -2.88. The summed E-state index contributed by atoms with van der Waals surface area (Å²) in [6.07, 6.45) is 0.456. The van der Waals surface area contributed by atoms with Crippen LogP contribution in [0.15, 0.2) is 36.9 Å². The number of rotatable bonds is 6. The molecule has 3 aromatic rings. The summed E-state index contributed by atoms with van der Waals surface area (Å²) in [4.78, 5) is 48.5. The number of piperazine rings is 1. The molecular formula is C23H21F4N7O4. The molecule has 2 aromatic heterocycles. The Bertz CT molecular complexity index is 1340. The molecule has 2 saturated heterocycles. The maximum Gasteiger partial charge on any atom is 0.414 e. The number of ether oxygens (including phenoxy) is 1. The van der Waals surface area contributed by atoms with Gasteiger partial charge in [-0.2, -0.15) is 0 Å². The maximum absolute atomic E-state index is 14.9. The zero-order valence-electron chi connectivity index (χ0n) is 19.7. The molecule has 4 heterocycles. The van der Waals surface area contributed by atoms with Gasteiger partial charge in [0.25, 0.3) is 12.3 Å². The first-order valence-electron chi connectivity index (χ1n) is 11.6. The number of alkyl halides is 2. The molecule has 1 atom stereocenters. The molecule has 0 aliphatic carbocycles. The lowest BCUT2D eigenvalue weighted by atomic mass is 10.2. The van der Waals surface area contributed by atoms with Crippen molar-refractivity contribution in [3.63, 3.8) is 0 Å². The fourth-order valence-corrected chi connectivity index (χ4v) is 4.33. The van der Waals surface area contributed by atoms with Gasteiger partial charge in [0.15, 0.2) is 23.4 Å². The van der Waals surface area contributed by atoms with Crippen molar-refractivity contribution in [3.8, 4) is 0 Å². The molecule has 5 rings (SSSR count). The zero-order valence-corrected chi connectivity index (χ0v) is 19.7. The van der Waals surface area contributed by atoms with E-state index in [2.05, 4.69) is 20.0 Å². The number of hydrogen-bond donors (Lipinski definition) is 1. The number of amides is 3. The molecule has 3 amide bonds. The van der Waals surface area contributed by atoms with E-state index in [0.717, 1.165) is 17.0 Å². The molecule has 0 spiro atoms. The first kappa shape index (κ1) is 25.2. The van der Waals surface area contributed by atoms with Crippen LogP contribution < -0.4 is 15.1 Å². The van der Waals surface area contributed by atoms with Crippen LogP contribution in [-0.4, -0.2) is 89.0 Å². The molecule has 1 N–H and O–H groups in total. The minimum atomic E-state index is -2.92. The summed E-state index contributed by atoms with van der Waals surface area (Å²) < 4.78 is 61.6. The van der Waals surface area contributed by atoms with Gasteiger partial charge >= 0.3 is 6.09 Å². The molecule has 0 saturated carbocycles. The minimum Gasteiger partial charge on any atom is -0.438 e. The van der Waals surface area contributed by atoms with Gasteiger partial charge in [-0.3, -0.25) is 19.5 Å². The van der Waals surface area contributed by atoms with Gasteiger partial charge in [0.2, 0.25) is 5.91 Å². The number of nitrogens with zero attached hydrogens (tertiary/aromatic N) is 6. The van der Waals surface area contributed by atoms with Crippen LogP contribution in [0.25, 0.3) is 5.65 Å². The number of halogens is 4. The predicted octanol–water partition coefficient (Wildman–Crippen LogP) is 1.68. The third-order valence-corrected chi connectivity index (χ3v) is 6.28. The number of benzene rings is 1. The van der Waals surface area contributed by atoms with Gasteiger partial charge in [0, 0.05) is 56.9 Å². The Morgan fingerprint density at radius 1 is 1.13 bits per heavy atom. The van der Waals surface area contributed by atoms with Crippen LogP contribution in [0.2, 0.25) is 0 Å². The molecular weight excluding hydrogens is 514 g/mol. The number of nitrogens with one attached hydrogen (secondary N) is 1. The van der Waals surface area contributed by atoms with Gasteiger partial charge in [0.1, 0.15) is 11.4 Å². The van der Waals surface area contributed by atoms with Crippen molar-refractivity contribution < 1.29 is 36.7 Å². The van der Waals surface area contributed by atoms with Crippen molar-refractivity contribution in [2.45, 2.75) is 12.5 Å². The fourth-order valence-electron chi connectivity index (χ4n) is 4.33. The van der Waals surface area contributed by atoms with Gasteiger partial charge in [-0.1, -0.05) is 0 Å². The van der Waals surface area contributed by atoms with Crippen LogP contribution >= 0.6 is 0 Å². The Morgan fingerprint density at radius 3 is 2.47 bits per heavy atom. The fraction of sp³-hybridized carbons (Fsp3) is 0.348. The first-order chi connectivity index (χ1) is 18.2. The van der Waals surface area contributed by atoms with E-state index in [-0.39, 0.29) is 55.7 Å². The third kappa shape index (κ3) is 4.90. The van der Waals surface area contributed by atoms with E-state index in [4.69, 9.17) is 0 Å². The molecule has 2 aliphatic heterocycles. The number of hydrogen-bond acceptors (Lipinski definition) is 7. The van der Waals surface area contributed by atoms with Crippen LogP contribution in [0.3, 0.4) is 0 Å². The van der Waals surface area contributed by atoms with Crippen molar-refractivity contribution in [2.75, 3.05) is 49.1 Å². The average Bonchev–Trinajstić information content (AvgIpc) is 3.51. The normalized spacial score (nSPS) is 17.9. The molecule has 0 radical (unpaired) electrons. The van der Waals surface area contributed by atoms with E-state index in [1.165, 1.54) is 22.2 Å². The van der Waals surface area contributed by atoms with Gasteiger partial charge < -0.3 is 24.3 Å².